The lowest BCUT2D eigenvalue weighted by Gasteiger charge is -2.08. The van der Waals surface area contributed by atoms with Gasteiger partial charge in [-0.25, -0.2) is 0 Å². The van der Waals surface area contributed by atoms with Crippen molar-refractivity contribution < 1.29 is 9.59 Å². The van der Waals surface area contributed by atoms with Crippen molar-refractivity contribution in [3.8, 4) is 6.07 Å². The first-order valence-electron chi connectivity index (χ1n) is 8.35. The quantitative estimate of drug-likeness (QED) is 0.729. The fourth-order valence-electron chi connectivity index (χ4n) is 2.53. The predicted octanol–water partition coefficient (Wildman–Crippen LogP) is 4.37. The average Bonchev–Trinajstić information content (AvgIpc) is 2.68. The lowest BCUT2D eigenvalue weighted by atomic mass is 10.1. The molecule has 2 amide bonds. The Balaban J connectivity index is 1.66. The Kier molecular flexibility index (Phi) is 5.29. The first-order valence-corrected chi connectivity index (χ1v) is 8.35. The highest BCUT2D eigenvalue weighted by molar-refractivity contribution is 6.07. The third-order valence-corrected chi connectivity index (χ3v) is 3.96. The molecule has 3 rings (SSSR count). The van der Waals surface area contributed by atoms with E-state index in [4.69, 9.17) is 5.26 Å². The van der Waals surface area contributed by atoms with Crippen molar-refractivity contribution in [1.82, 2.24) is 0 Å². The standard InChI is InChI=1S/C22H17N3O2/c1-15-3-2-4-20(13-15)25-22(27)18-9-7-17(8-10-18)21(26)24-19-11-5-16(14-23)6-12-19/h2-13H,1H3,(H,24,26)(H,25,27). The van der Waals surface area contributed by atoms with Crippen molar-refractivity contribution in [2.75, 3.05) is 10.6 Å². The predicted molar refractivity (Wildman–Crippen MR) is 105 cm³/mol. The number of carbonyl (C=O) groups excluding carboxylic acids is 2. The van der Waals surface area contributed by atoms with Gasteiger partial charge in [-0.05, 0) is 73.2 Å². The van der Waals surface area contributed by atoms with Gasteiger partial charge < -0.3 is 10.6 Å². The number of nitriles is 1. The van der Waals surface area contributed by atoms with E-state index in [0.29, 0.717) is 22.4 Å². The van der Waals surface area contributed by atoms with Crippen LogP contribution in [0.4, 0.5) is 11.4 Å². The number of nitrogens with zero attached hydrogens (tertiary/aromatic N) is 1. The summed E-state index contributed by atoms with van der Waals surface area (Å²) in [5.41, 5.74) is 3.81. The van der Waals surface area contributed by atoms with E-state index in [1.165, 1.54) is 0 Å². The number of carbonyl (C=O) groups is 2. The summed E-state index contributed by atoms with van der Waals surface area (Å²) < 4.78 is 0. The van der Waals surface area contributed by atoms with Crippen molar-refractivity contribution in [1.29, 1.82) is 5.26 Å². The molecule has 0 heterocycles. The Labute approximate surface area is 157 Å². The van der Waals surface area contributed by atoms with E-state index in [0.717, 1.165) is 11.3 Å². The zero-order valence-electron chi connectivity index (χ0n) is 14.7. The van der Waals surface area contributed by atoms with E-state index in [9.17, 15) is 9.59 Å². The summed E-state index contributed by atoms with van der Waals surface area (Å²) in [7, 11) is 0. The molecule has 5 nitrogen and oxygen atoms in total. The van der Waals surface area contributed by atoms with Gasteiger partial charge in [0.15, 0.2) is 0 Å². The maximum absolute atomic E-state index is 12.3. The molecule has 0 aromatic heterocycles. The van der Waals surface area contributed by atoms with E-state index in [-0.39, 0.29) is 11.8 Å². The molecule has 0 aliphatic carbocycles. The molecular formula is C22H17N3O2. The minimum atomic E-state index is -0.287. The van der Waals surface area contributed by atoms with Gasteiger partial charge in [-0.15, -0.1) is 0 Å². The molecule has 132 valence electrons. The average molecular weight is 355 g/mol. The van der Waals surface area contributed by atoms with Crippen LogP contribution in [0.1, 0.15) is 31.8 Å². The Hall–Kier alpha value is -3.91. The monoisotopic (exact) mass is 355 g/mol. The minimum Gasteiger partial charge on any atom is -0.322 e. The second-order valence-corrected chi connectivity index (χ2v) is 6.04. The number of amides is 2. The largest absolute Gasteiger partial charge is 0.322 e. The van der Waals surface area contributed by atoms with Gasteiger partial charge >= 0.3 is 0 Å². The molecule has 0 saturated carbocycles. The third kappa shape index (κ3) is 4.59. The van der Waals surface area contributed by atoms with Crippen molar-refractivity contribution in [2.24, 2.45) is 0 Å². The topological polar surface area (TPSA) is 82.0 Å². The van der Waals surface area contributed by atoms with E-state index in [1.807, 2.05) is 37.3 Å². The molecule has 0 aliphatic rings. The summed E-state index contributed by atoms with van der Waals surface area (Å²) >= 11 is 0. The fraction of sp³-hybridized carbons (Fsp3) is 0.0455. The first kappa shape index (κ1) is 17.9. The van der Waals surface area contributed by atoms with Crippen LogP contribution in [0, 0.1) is 18.3 Å². The zero-order chi connectivity index (χ0) is 19.2. The summed E-state index contributed by atoms with van der Waals surface area (Å²) in [6.45, 7) is 1.96. The van der Waals surface area contributed by atoms with Crippen LogP contribution in [-0.2, 0) is 0 Å². The van der Waals surface area contributed by atoms with E-state index >= 15 is 0 Å². The van der Waals surface area contributed by atoms with Gasteiger partial charge in [0.05, 0.1) is 11.6 Å². The molecule has 2 N–H and O–H groups in total. The fourth-order valence-corrected chi connectivity index (χ4v) is 2.53. The van der Waals surface area contributed by atoms with Gasteiger partial charge in [-0.3, -0.25) is 9.59 Å². The van der Waals surface area contributed by atoms with Crippen LogP contribution in [0.3, 0.4) is 0 Å². The summed E-state index contributed by atoms with van der Waals surface area (Å²) in [5, 5.41) is 14.4. The molecule has 0 unspecified atom stereocenters. The molecule has 27 heavy (non-hydrogen) atoms. The van der Waals surface area contributed by atoms with Gasteiger partial charge in [0.2, 0.25) is 0 Å². The van der Waals surface area contributed by atoms with Crippen molar-refractivity contribution in [2.45, 2.75) is 6.92 Å². The highest BCUT2D eigenvalue weighted by atomic mass is 16.2. The second-order valence-electron chi connectivity index (χ2n) is 6.04. The van der Waals surface area contributed by atoms with Crippen LogP contribution in [0.25, 0.3) is 0 Å². The maximum atomic E-state index is 12.3. The molecule has 5 heteroatoms. The number of nitrogens with one attached hydrogen (secondary N) is 2. The lowest BCUT2D eigenvalue weighted by molar-refractivity contribution is 0.101. The smallest absolute Gasteiger partial charge is 0.255 e. The number of benzene rings is 3. The van der Waals surface area contributed by atoms with Crippen LogP contribution in [0.15, 0.2) is 72.8 Å². The van der Waals surface area contributed by atoms with Crippen molar-refractivity contribution >= 4 is 23.2 Å². The van der Waals surface area contributed by atoms with Crippen LogP contribution >= 0.6 is 0 Å². The lowest BCUT2D eigenvalue weighted by Crippen LogP contribution is -2.14. The van der Waals surface area contributed by atoms with Crippen LogP contribution in [-0.4, -0.2) is 11.8 Å². The van der Waals surface area contributed by atoms with E-state index in [2.05, 4.69) is 10.6 Å². The molecule has 0 spiro atoms. The van der Waals surface area contributed by atoms with Gasteiger partial charge in [0.25, 0.3) is 11.8 Å². The van der Waals surface area contributed by atoms with Crippen LogP contribution in [0.5, 0.6) is 0 Å². The summed E-state index contributed by atoms with van der Waals surface area (Å²) in [6, 6.07) is 22.6. The van der Waals surface area contributed by atoms with Crippen LogP contribution in [0.2, 0.25) is 0 Å². The highest BCUT2D eigenvalue weighted by Crippen LogP contribution is 2.14. The van der Waals surface area contributed by atoms with Gasteiger partial charge in [0.1, 0.15) is 0 Å². The highest BCUT2D eigenvalue weighted by Gasteiger charge is 2.10. The Morgan fingerprint density at radius 3 is 1.85 bits per heavy atom. The van der Waals surface area contributed by atoms with Gasteiger partial charge in [-0.2, -0.15) is 5.26 Å². The summed E-state index contributed by atoms with van der Waals surface area (Å²) in [5.74, 6) is -0.523. The van der Waals surface area contributed by atoms with Gasteiger partial charge in [0, 0.05) is 22.5 Å². The van der Waals surface area contributed by atoms with Crippen molar-refractivity contribution in [3.63, 3.8) is 0 Å². The summed E-state index contributed by atoms with van der Waals surface area (Å²) in [6.07, 6.45) is 0. The molecule has 0 atom stereocenters. The Morgan fingerprint density at radius 2 is 1.33 bits per heavy atom. The Bertz CT molecular complexity index is 1020. The second kappa shape index (κ2) is 7.98. The maximum Gasteiger partial charge on any atom is 0.255 e. The zero-order valence-corrected chi connectivity index (χ0v) is 14.7. The normalized spacial score (nSPS) is 9.93. The minimum absolute atomic E-state index is 0.236. The van der Waals surface area contributed by atoms with Gasteiger partial charge in [-0.1, -0.05) is 12.1 Å². The molecule has 0 fully saturated rings. The number of rotatable bonds is 4. The van der Waals surface area contributed by atoms with E-state index < -0.39 is 0 Å². The molecule has 0 saturated heterocycles. The molecule has 0 radical (unpaired) electrons. The summed E-state index contributed by atoms with van der Waals surface area (Å²) in [4.78, 5) is 24.6. The molecule has 3 aromatic rings. The molecular weight excluding hydrogens is 338 g/mol. The first-order chi connectivity index (χ1) is 13.0. The van der Waals surface area contributed by atoms with Crippen molar-refractivity contribution in [3.05, 3.63) is 95.1 Å². The van der Waals surface area contributed by atoms with Crippen LogP contribution < -0.4 is 10.6 Å². The molecule has 3 aromatic carbocycles. The Morgan fingerprint density at radius 1 is 0.778 bits per heavy atom. The number of hydrogen-bond acceptors (Lipinski definition) is 3. The van der Waals surface area contributed by atoms with E-state index in [1.54, 1.807) is 48.5 Å². The number of hydrogen-bond donors (Lipinski definition) is 2. The molecule has 0 aliphatic heterocycles. The third-order valence-electron chi connectivity index (χ3n) is 3.96. The number of aryl methyl sites for hydroxylation is 1. The molecule has 0 bridgehead atoms. The number of anilines is 2. The SMILES string of the molecule is Cc1cccc(NC(=O)c2ccc(C(=O)Nc3ccc(C#N)cc3)cc2)c1.